The molecule has 4 nitrogen and oxygen atoms in total. The molecule has 0 atom stereocenters. The van der Waals surface area contributed by atoms with Crippen LogP contribution in [0.4, 0.5) is 0 Å². The highest BCUT2D eigenvalue weighted by Gasteiger charge is 2.23. The Morgan fingerprint density at radius 2 is 0.714 bits per heavy atom. The fraction of sp³-hybridized carbons (Fsp3) is 0. The minimum absolute atomic E-state index is 0.871. The molecule has 0 unspecified atom stereocenters. The summed E-state index contributed by atoms with van der Waals surface area (Å²) in [6.07, 6.45) is 0. The van der Waals surface area contributed by atoms with E-state index < -0.39 is 0 Å². The highest BCUT2D eigenvalue weighted by Crippen LogP contribution is 2.43. The fourth-order valence-electron chi connectivity index (χ4n) is 10.0. The lowest BCUT2D eigenvalue weighted by Gasteiger charge is -2.15. The molecular formula is C59H38N4. The Balaban J connectivity index is 1.11. The first-order valence-corrected chi connectivity index (χ1v) is 21.5. The lowest BCUT2D eigenvalue weighted by molar-refractivity contribution is 1.08. The van der Waals surface area contributed by atoms with Gasteiger partial charge in [-0.1, -0.05) is 170 Å². The zero-order valence-corrected chi connectivity index (χ0v) is 34.2. The highest BCUT2D eigenvalue weighted by atomic mass is 15.1. The molecule has 0 aliphatic rings. The second-order valence-corrected chi connectivity index (χ2v) is 16.4. The Labute approximate surface area is 363 Å². The summed E-state index contributed by atoms with van der Waals surface area (Å²) in [5.41, 5.74) is 15.8. The van der Waals surface area contributed by atoms with Crippen molar-refractivity contribution in [2.45, 2.75) is 0 Å². The van der Waals surface area contributed by atoms with Crippen LogP contribution in [0.2, 0.25) is 0 Å². The monoisotopic (exact) mass is 802 g/mol. The van der Waals surface area contributed by atoms with Gasteiger partial charge in [-0.2, -0.15) is 0 Å². The first-order chi connectivity index (χ1) is 31.3. The van der Waals surface area contributed by atoms with Gasteiger partial charge in [0.05, 0.1) is 38.8 Å². The van der Waals surface area contributed by atoms with Crippen LogP contribution in [0.15, 0.2) is 231 Å². The predicted molar refractivity (Wildman–Crippen MR) is 264 cm³/mol. The van der Waals surface area contributed by atoms with Crippen LogP contribution in [-0.2, 0) is 0 Å². The van der Waals surface area contributed by atoms with Crippen molar-refractivity contribution in [3.8, 4) is 50.7 Å². The molecule has 294 valence electrons. The average molecular weight is 803 g/mol. The van der Waals surface area contributed by atoms with Crippen molar-refractivity contribution in [2.24, 2.45) is 0 Å². The van der Waals surface area contributed by atoms with E-state index in [1.165, 1.54) is 54.5 Å². The van der Waals surface area contributed by atoms with E-state index in [2.05, 4.69) is 244 Å². The summed E-state index contributed by atoms with van der Waals surface area (Å²) in [6.45, 7) is 0. The van der Waals surface area contributed by atoms with Crippen LogP contribution in [0, 0.1) is 0 Å². The first-order valence-electron chi connectivity index (χ1n) is 21.5. The summed E-state index contributed by atoms with van der Waals surface area (Å²) in [5.74, 6) is 0.871. The number of para-hydroxylation sites is 4. The quantitative estimate of drug-likeness (QED) is 0.165. The maximum Gasteiger partial charge on any atom is 0.138 e. The van der Waals surface area contributed by atoms with E-state index in [1.807, 2.05) is 0 Å². The van der Waals surface area contributed by atoms with Gasteiger partial charge < -0.3 is 9.13 Å². The lowest BCUT2D eigenvalue weighted by atomic mass is 9.99. The van der Waals surface area contributed by atoms with E-state index >= 15 is 0 Å². The molecule has 0 amide bonds. The van der Waals surface area contributed by atoms with Crippen molar-refractivity contribution in [3.63, 3.8) is 0 Å². The number of benzene rings is 9. The van der Waals surface area contributed by atoms with E-state index in [4.69, 9.17) is 4.98 Å². The molecule has 0 N–H and O–H groups in total. The summed E-state index contributed by atoms with van der Waals surface area (Å²) in [7, 11) is 0. The molecule has 0 saturated heterocycles. The van der Waals surface area contributed by atoms with E-state index in [-0.39, 0.29) is 0 Å². The molecule has 4 heterocycles. The number of aromatic nitrogens is 4. The zero-order valence-electron chi connectivity index (χ0n) is 34.2. The van der Waals surface area contributed by atoms with Crippen LogP contribution in [0.25, 0.3) is 116 Å². The van der Waals surface area contributed by atoms with Gasteiger partial charge in [0.15, 0.2) is 0 Å². The van der Waals surface area contributed by atoms with Crippen LogP contribution in [0.5, 0.6) is 0 Å². The molecule has 63 heavy (non-hydrogen) atoms. The number of hydrogen-bond acceptors (Lipinski definition) is 1. The van der Waals surface area contributed by atoms with E-state index in [0.29, 0.717) is 0 Å². The summed E-state index contributed by atoms with van der Waals surface area (Å²) in [4.78, 5) is 5.56. The highest BCUT2D eigenvalue weighted by molar-refractivity contribution is 6.24. The maximum absolute atomic E-state index is 5.56. The van der Waals surface area contributed by atoms with Crippen LogP contribution in [-0.4, -0.2) is 18.7 Å². The van der Waals surface area contributed by atoms with Gasteiger partial charge in [0.25, 0.3) is 0 Å². The summed E-state index contributed by atoms with van der Waals surface area (Å²) >= 11 is 0. The lowest BCUT2D eigenvalue weighted by Crippen LogP contribution is -2.02. The molecule has 0 aliphatic heterocycles. The molecule has 0 radical (unpaired) electrons. The SMILES string of the molecule is c1ccc(-c2ccc(-c3cc(-c4ccccc4)nc(-n4c5ccccc5c5ccc6c7ccccc7n(-c7ccc8c(c7)c7ccccc7n8-c7ccccc7)c6c54)c3)cc2)cc1. The van der Waals surface area contributed by atoms with E-state index in [9.17, 15) is 0 Å². The standard InChI is InChI=1S/C59H38N4/c1-4-16-39(17-5-1)40-28-30-41(31-29-40)43-36-52(42-18-6-2-7-19-42)60-57(37-43)63-55-27-15-11-23-47(55)50-34-33-49-46-22-10-14-26-54(46)62(58(49)59(50)63)45-32-35-56-51(38-45)48-24-12-13-25-53(48)61(56)44-20-8-3-9-21-44/h1-38H. The number of fused-ring (bicyclic) bond motifs is 10. The molecule has 0 aliphatic carbocycles. The van der Waals surface area contributed by atoms with Crippen LogP contribution < -0.4 is 0 Å². The molecule has 9 aromatic carbocycles. The van der Waals surface area contributed by atoms with Crippen LogP contribution in [0.3, 0.4) is 0 Å². The minimum Gasteiger partial charge on any atom is -0.309 e. The Kier molecular flexibility index (Phi) is 7.87. The normalized spacial score (nSPS) is 11.8. The summed E-state index contributed by atoms with van der Waals surface area (Å²) in [5, 5.41) is 7.22. The Morgan fingerprint density at radius 1 is 0.254 bits per heavy atom. The van der Waals surface area contributed by atoms with Crippen molar-refractivity contribution in [1.82, 2.24) is 18.7 Å². The summed E-state index contributed by atoms with van der Waals surface area (Å²) < 4.78 is 7.28. The molecule has 0 spiro atoms. The smallest absolute Gasteiger partial charge is 0.138 e. The Morgan fingerprint density at radius 3 is 1.35 bits per heavy atom. The van der Waals surface area contributed by atoms with Crippen molar-refractivity contribution < 1.29 is 0 Å². The van der Waals surface area contributed by atoms with E-state index in [1.54, 1.807) is 0 Å². The van der Waals surface area contributed by atoms with Gasteiger partial charge in [0, 0.05) is 49.3 Å². The molecular weight excluding hydrogens is 765 g/mol. The molecule has 13 aromatic rings. The molecule has 0 fully saturated rings. The summed E-state index contributed by atoms with van der Waals surface area (Å²) in [6, 6.07) is 83.2. The first kappa shape index (κ1) is 35.3. The van der Waals surface area contributed by atoms with Crippen LogP contribution in [0.1, 0.15) is 0 Å². The van der Waals surface area contributed by atoms with E-state index in [0.717, 1.165) is 61.6 Å². The zero-order chi connectivity index (χ0) is 41.4. The maximum atomic E-state index is 5.56. The van der Waals surface area contributed by atoms with Gasteiger partial charge in [-0.3, -0.25) is 4.57 Å². The van der Waals surface area contributed by atoms with Gasteiger partial charge >= 0.3 is 0 Å². The van der Waals surface area contributed by atoms with Crippen molar-refractivity contribution in [3.05, 3.63) is 231 Å². The topological polar surface area (TPSA) is 27.7 Å². The van der Waals surface area contributed by atoms with Crippen molar-refractivity contribution in [1.29, 1.82) is 0 Å². The third kappa shape index (κ3) is 5.52. The minimum atomic E-state index is 0.871. The Bertz CT molecular complexity index is 3870. The fourth-order valence-corrected chi connectivity index (χ4v) is 10.0. The van der Waals surface area contributed by atoms with Gasteiger partial charge in [-0.25, -0.2) is 4.98 Å². The largest absolute Gasteiger partial charge is 0.309 e. The van der Waals surface area contributed by atoms with Gasteiger partial charge in [0.1, 0.15) is 5.82 Å². The number of nitrogens with zero attached hydrogens (tertiary/aromatic N) is 4. The predicted octanol–water partition coefficient (Wildman–Crippen LogP) is 15.4. The number of pyridine rings is 1. The van der Waals surface area contributed by atoms with Crippen molar-refractivity contribution >= 4 is 65.4 Å². The van der Waals surface area contributed by atoms with Gasteiger partial charge in [-0.15, -0.1) is 0 Å². The second-order valence-electron chi connectivity index (χ2n) is 16.4. The van der Waals surface area contributed by atoms with Gasteiger partial charge in [0.2, 0.25) is 0 Å². The van der Waals surface area contributed by atoms with Gasteiger partial charge in [-0.05, 0) is 82.9 Å². The molecule has 0 saturated carbocycles. The Hall–Kier alpha value is -8.47. The number of hydrogen-bond donors (Lipinski definition) is 0. The number of rotatable bonds is 6. The van der Waals surface area contributed by atoms with Crippen LogP contribution >= 0.6 is 0 Å². The van der Waals surface area contributed by atoms with Crippen molar-refractivity contribution in [2.75, 3.05) is 0 Å². The molecule has 13 rings (SSSR count). The third-order valence-corrected chi connectivity index (χ3v) is 12.8. The molecule has 0 bridgehead atoms. The molecule has 4 heteroatoms. The average Bonchev–Trinajstić information content (AvgIpc) is 4.00. The molecule has 4 aromatic heterocycles. The third-order valence-electron chi connectivity index (χ3n) is 12.8. The second kappa shape index (κ2) is 14.1.